The molecule has 1 rings (SSSR count). The van der Waals surface area contributed by atoms with Crippen molar-refractivity contribution in [3.8, 4) is 0 Å². The Kier molecular flexibility index (Phi) is 4.03. The van der Waals surface area contributed by atoms with Gasteiger partial charge in [-0.3, -0.25) is 14.9 Å². The number of anilines is 1. The Morgan fingerprint density at radius 1 is 1.53 bits per heavy atom. The predicted molar refractivity (Wildman–Crippen MR) is 63.4 cm³/mol. The van der Waals surface area contributed by atoms with Gasteiger partial charge in [-0.05, 0) is 19.9 Å². The van der Waals surface area contributed by atoms with E-state index in [0.29, 0.717) is 17.8 Å². The number of para-hydroxylation sites is 1. The van der Waals surface area contributed by atoms with E-state index in [4.69, 9.17) is 5.11 Å². The van der Waals surface area contributed by atoms with Gasteiger partial charge in [-0.15, -0.1) is 0 Å². The van der Waals surface area contributed by atoms with Crippen LogP contribution in [0.4, 0.5) is 11.4 Å². The predicted octanol–water partition coefficient (Wildman–Crippen LogP) is 1.81. The molecule has 0 amide bonds. The summed E-state index contributed by atoms with van der Waals surface area (Å²) in [4.78, 5) is 22.7. The van der Waals surface area contributed by atoms with E-state index in [0.717, 1.165) is 0 Å². The standard InChI is InChI=1S/C11H14N2O4/c1-3-12(7-10(14)15)9-6-4-5-8(2)11(9)13(16)17/h4-6H,3,7H2,1-2H3,(H,14,15). The highest BCUT2D eigenvalue weighted by atomic mass is 16.6. The Bertz CT molecular complexity index is 445. The number of hydrogen-bond acceptors (Lipinski definition) is 4. The molecule has 0 fully saturated rings. The van der Waals surface area contributed by atoms with Gasteiger partial charge in [0.15, 0.2) is 0 Å². The molecule has 0 heterocycles. The fourth-order valence-electron chi connectivity index (χ4n) is 1.67. The number of hydrogen-bond donors (Lipinski definition) is 1. The number of aliphatic carboxylic acids is 1. The summed E-state index contributed by atoms with van der Waals surface area (Å²) in [7, 11) is 0. The van der Waals surface area contributed by atoms with Crippen LogP contribution < -0.4 is 4.90 Å². The quantitative estimate of drug-likeness (QED) is 0.624. The van der Waals surface area contributed by atoms with Crippen molar-refractivity contribution < 1.29 is 14.8 Å². The molecule has 1 aromatic rings. The minimum absolute atomic E-state index is 0.0319. The SMILES string of the molecule is CCN(CC(=O)O)c1cccc(C)c1[N+](=O)[O-]. The average molecular weight is 238 g/mol. The first-order chi connectivity index (χ1) is 7.97. The van der Waals surface area contributed by atoms with Crippen LogP contribution >= 0.6 is 0 Å². The highest BCUT2D eigenvalue weighted by Gasteiger charge is 2.22. The second-order valence-corrected chi connectivity index (χ2v) is 3.61. The number of carbonyl (C=O) groups is 1. The van der Waals surface area contributed by atoms with Gasteiger partial charge in [-0.25, -0.2) is 0 Å². The summed E-state index contributed by atoms with van der Waals surface area (Å²) < 4.78 is 0. The molecule has 1 aromatic carbocycles. The number of rotatable bonds is 5. The third-order valence-electron chi connectivity index (χ3n) is 2.45. The molecule has 1 N–H and O–H groups in total. The Morgan fingerprint density at radius 2 is 2.18 bits per heavy atom. The third-order valence-corrected chi connectivity index (χ3v) is 2.45. The van der Waals surface area contributed by atoms with E-state index in [1.807, 2.05) is 0 Å². The molecular weight excluding hydrogens is 224 g/mol. The smallest absolute Gasteiger partial charge is 0.323 e. The van der Waals surface area contributed by atoms with Crippen LogP contribution in [0.25, 0.3) is 0 Å². The van der Waals surface area contributed by atoms with Gasteiger partial charge in [0.05, 0.1) is 4.92 Å². The molecule has 0 bridgehead atoms. The van der Waals surface area contributed by atoms with Crippen molar-refractivity contribution in [2.45, 2.75) is 13.8 Å². The van der Waals surface area contributed by atoms with Gasteiger partial charge in [-0.1, -0.05) is 12.1 Å². The lowest BCUT2D eigenvalue weighted by atomic mass is 10.1. The van der Waals surface area contributed by atoms with Crippen LogP contribution in [0.1, 0.15) is 12.5 Å². The van der Waals surface area contributed by atoms with Crippen LogP contribution in [0.5, 0.6) is 0 Å². The van der Waals surface area contributed by atoms with Gasteiger partial charge in [0.1, 0.15) is 12.2 Å². The maximum Gasteiger partial charge on any atom is 0.323 e. The van der Waals surface area contributed by atoms with Crippen LogP contribution in [0.15, 0.2) is 18.2 Å². The summed E-state index contributed by atoms with van der Waals surface area (Å²) in [5.41, 5.74) is 0.840. The van der Waals surface area contributed by atoms with Crippen LogP contribution in [0.2, 0.25) is 0 Å². The zero-order valence-electron chi connectivity index (χ0n) is 9.71. The number of likely N-dealkylation sites (N-methyl/N-ethyl adjacent to an activating group) is 1. The maximum absolute atomic E-state index is 11.0. The number of aryl methyl sites for hydroxylation is 1. The van der Waals surface area contributed by atoms with Crippen molar-refractivity contribution in [2.75, 3.05) is 18.0 Å². The first-order valence-corrected chi connectivity index (χ1v) is 5.18. The number of nitrogens with zero attached hydrogens (tertiary/aromatic N) is 2. The molecule has 0 atom stereocenters. The molecular formula is C11H14N2O4. The summed E-state index contributed by atoms with van der Waals surface area (Å²) in [6.45, 7) is 3.54. The van der Waals surface area contributed by atoms with E-state index in [9.17, 15) is 14.9 Å². The zero-order valence-corrected chi connectivity index (χ0v) is 9.71. The molecule has 0 aromatic heterocycles. The Balaban J connectivity index is 3.23. The number of carboxylic acids is 1. The van der Waals surface area contributed by atoms with Gasteiger partial charge >= 0.3 is 5.97 Å². The van der Waals surface area contributed by atoms with Crippen LogP contribution in [0.3, 0.4) is 0 Å². The van der Waals surface area contributed by atoms with Crippen molar-refractivity contribution in [3.63, 3.8) is 0 Å². The molecule has 0 spiro atoms. The summed E-state index contributed by atoms with van der Waals surface area (Å²) in [6.07, 6.45) is 0. The molecule has 0 aliphatic rings. The fraction of sp³-hybridized carbons (Fsp3) is 0.364. The Labute approximate surface area is 98.6 Å². The van der Waals surface area contributed by atoms with Gasteiger partial charge in [0.2, 0.25) is 0 Å². The second-order valence-electron chi connectivity index (χ2n) is 3.61. The number of carboxylic acid groups (broad SMARTS) is 1. The lowest BCUT2D eigenvalue weighted by Crippen LogP contribution is -2.30. The van der Waals surface area contributed by atoms with Gasteiger partial charge in [0, 0.05) is 12.1 Å². The molecule has 6 nitrogen and oxygen atoms in total. The second kappa shape index (κ2) is 5.29. The summed E-state index contributed by atoms with van der Waals surface area (Å²) >= 11 is 0. The van der Waals surface area contributed by atoms with E-state index in [-0.39, 0.29) is 12.2 Å². The van der Waals surface area contributed by atoms with Gasteiger partial charge < -0.3 is 10.0 Å². The minimum Gasteiger partial charge on any atom is -0.480 e. The van der Waals surface area contributed by atoms with Crippen LogP contribution in [0, 0.1) is 17.0 Å². The number of benzene rings is 1. The van der Waals surface area contributed by atoms with Crippen LogP contribution in [-0.2, 0) is 4.79 Å². The average Bonchev–Trinajstić information content (AvgIpc) is 2.24. The van der Waals surface area contributed by atoms with E-state index < -0.39 is 10.9 Å². The van der Waals surface area contributed by atoms with Crippen molar-refractivity contribution >= 4 is 17.3 Å². The summed E-state index contributed by atoms with van der Waals surface area (Å²) in [6, 6.07) is 4.88. The number of nitro groups is 1. The molecule has 92 valence electrons. The van der Waals surface area contributed by atoms with Crippen molar-refractivity contribution in [2.24, 2.45) is 0 Å². The largest absolute Gasteiger partial charge is 0.480 e. The lowest BCUT2D eigenvalue weighted by Gasteiger charge is -2.21. The van der Waals surface area contributed by atoms with Crippen molar-refractivity contribution in [1.82, 2.24) is 0 Å². The lowest BCUT2D eigenvalue weighted by molar-refractivity contribution is -0.384. The maximum atomic E-state index is 11.0. The highest BCUT2D eigenvalue weighted by molar-refractivity contribution is 5.76. The first kappa shape index (κ1) is 13.0. The molecule has 0 saturated carbocycles. The fourth-order valence-corrected chi connectivity index (χ4v) is 1.67. The van der Waals surface area contributed by atoms with Gasteiger partial charge in [0.25, 0.3) is 5.69 Å². The third kappa shape index (κ3) is 2.93. The Morgan fingerprint density at radius 3 is 2.65 bits per heavy atom. The monoisotopic (exact) mass is 238 g/mol. The topological polar surface area (TPSA) is 83.7 Å². The summed E-state index contributed by atoms with van der Waals surface area (Å²) in [5, 5.41) is 19.7. The van der Waals surface area contributed by atoms with E-state index in [1.54, 1.807) is 32.0 Å². The molecule has 0 aliphatic carbocycles. The minimum atomic E-state index is -1.01. The van der Waals surface area contributed by atoms with E-state index >= 15 is 0 Å². The van der Waals surface area contributed by atoms with Gasteiger partial charge in [-0.2, -0.15) is 0 Å². The van der Waals surface area contributed by atoms with E-state index in [2.05, 4.69) is 0 Å². The van der Waals surface area contributed by atoms with E-state index in [1.165, 1.54) is 4.90 Å². The highest BCUT2D eigenvalue weighted by Crippen LogP contribution is 2.30. The zero-order chi connectivity index (χ0) is 13.0. The molecule has 0 unspecified atom stereocenters. The van der Waals surface area contributed by atoms with Crippen molar-refractivity contribution in [1.29, 1.82) is 0 Å². The summed E-state index contributed by atoms with van der Waals surface area (Å²) in [5.74, 6) is -1.01. The molecule has 0 saturated heterocycles. The number of nitro benzene ring substituents is 1. The first-order valence-electron chi connectivity index (χ1n) is 5.18. The molecule has 17 heavy (non-hydrogen) atoms. The normalized spacial score (nSPS) is 10.0. The van der Waals surface area contributed by atoms with Crippen molar-refractivity contribution in [3.05, 3.63) is 33.9 Å². The molecule has 0 aliphatic heterocycles. The molecule has 0 radical (unpaired) electrons. The van der Waals surface area contributed by atoms with Crippen LogP contribution in [-0.4, -0.2) is 29.1 Å². The Hall–Kier alpha value is -2.11. The molecule has 6 heteroatoms.